The van der Waals surface area contributed by atoms with Crippen LogP contribution in [0.3, 0.4) is 0 Å². The van der Waals surface area contributed by atoms with E-state index in [1.165, 1.54) is 32.6 Å². The molecule has 19 heavy (non-hydrogen) atoms. The monoisotopic (exact) mass is 266 g/mol. The molecule has 0 saturated carbocycles. The van der Waals surface area contributed by atoms with Gasteiger partial charge in [0, 0.05) is 25.7 Å². The summed E-state index contributed by atoms with van der Waals surface area (Å²) in [5.74, 6) is 0. The lowest BCUT2D eigenvalue weighted by Crippen LogP contribution is -2.51. The first-order chi connectivity index (χ1) is 9.04. The number of likely N-dealkylation sites (N-methyl/N-ethyl adjacent to an activating group) is 1. The largest absolute Gasteiger partial charge is 0.303 e. The number of hydrogen-bond acceptors (Lipinski definition) is 4. The number of unbranched alkanes of at least 4 members (excludes halogenated alkanes) is 1. The van der Waals surface area contributed by atoms with Crippen LogP contribution in [0, 0.1) is 11.3 Å². The first kappa shape index (κ1) is 16.4. The summed E-state index contributed by atoms with van der Waals surface area (Å²) in [4.78, 5) is 5.12. The molecule has 1 rings (SSSR count). The number of nitrogens with one attached hydrogen (secondary N) is 1. The first-order valence-electron chi connectivity index (χ1n) is 7.61. The number of rotatable bonds is 7. The molecule has 0 aromatic carbocycles. The molecule has 0 aliphatic carbocycles. The summed E-state index contributed by atoms with van der Waals surface area (Å²) < 4.78 is 0. The molecule has 4 heteroatoms. The highest BCUT2D eigenvalue weighted by molar-refractivity contribution is 5.02. The van der Waals surface area contributed by atoms with Crippen molar-refractivity contribution in [3.8, 4) is 6.07 Å². The van der Waals surface area contributed by atoms with Gasteiger partial charge in [-0.2, -0.15) is 5.26 Å². The standard InChI is InChI=1S/C15H30N4/c1-5-19-11-10-18(12-14(19)2)9-7-6-8-15(3,13-16)17-4/h14,17H,5-12H2,1-4H3. The van der Waals surface area contributed by atoms with Gasteiger partial charge in [-0.05, 0) is 53.2 Å². The Morgan fingerprint density at radius 3 is 2.63 bits per heavy atom. The van der Waals surface area contributed by atoms with Crippen LogP contribution < -0.4 is 5.32 Å². The number of piperazine rings is 1. The minimum absolute atomic E-state index is 0.353. The SMILES string of the molecule is CCN1CCN(CCCCC(C)(C#N)NC)CC1C. The molecule has 1 heterocycles. The highest BCUT2D eigenvalue weighted by Crippen LogP contribution is 2.14. The van der Waals surface area contributed by atoms with Crippen LogP contribution in [0.15, 0.2) is 0 Å². The molecule has 1 saturated heterocycles. The second-order valence-electron chi connectivity index (χ2n) is 5.93. The van der Waals surface area contributed by atoms with Gasteiger partial charge in [0.25, 0.3) is 0 Å². The predicted octanol–water partition coefficient (Wildman–Crippen LogP) is 1.68. The summed E-state index contributed by atoms with van der Waals surface area (Å²) >= 11 is 0. The third-order valence-corrected chi connectivity index (χ3v) is 4.46. The van der Waals surface area contributed by atoms with E-state index in [9.17, 15) is 0 Å². The molecule has 1 N–H and O–H groups in total. The maximum atomic E-state index is 9.10. The number of hydrogen-bond donors (Lipinski definition) is 1. The highest BCUT2D eigenvalue weighted by atomic mass is 15.3. The molecule has 0 amide bonds. The van der Waals surface area contributed by atoms with Crippen LogP contribution in [-0.2, 0) is 0 Å². The maximum absolute atomic E-state index is 9.10. The Bertz CT molecular complexity index is 299. The van der Waals surface area contributed by atoms with Gasteiger partial charge in [-0.15, -0.1) is 0 Å². The molecule has 4 nitrogen and oxygen atoms in total. The van der Waals surface area contributed by atoms with E-state index in [1.54, 1.807) is 0 Å². The third kappa shape index (κ3) is 5.10. The van der Waals surface area contributed by atoms with Crippen molar-refractivity contribution in [2.24, 2.45) is 0 Å². The Hall–Kier alpha value is -0.630. The van der Waals surface area contributed by atoms with E-state index >= 15 is 0 Å². The van der Waals surface area contributed by atoms with Crippen molar-refractivity contribution < 1.29 is 0 Å². The van der Waals surface area contributed by atoms with Crippen molar-refractivity contribution in [1.82, 2.24) is 15.1 Å². The van der Waals surface area contributed by atoms with Crippen molar-refractivity contribution in [1.29, 1.82) is 5.26 Å². The molecular formula is C15H30N4. The van der Waals surface area contributed by atoms with Gasteiger partial charge in [-0.25, -0.2) is 0 Å². The zero-order valence-corrected chi connectivity index (χ0v) is 13.1. The molecule has 0 spiro atoms. The highest BCUT2D eigenvalue weighted by Gasteiger charge is 2.23. The minimum Gasteiger partial charge on any atom is -0.303 e. The fourth-order valence-electron chi connectivity index (χ4n) is 2.79. The van der Waals surface area contributed by atoms with Crippen molar-refractivity contribution in [3.05, 3.63) is 0 Å². The van der Waals surface area contributed by atoms with Crippen LogP contribution in [-0.4, -0.2) is 61.2 Å². The van der Waals surface area contributed by atoms with Gasteiger partial charge in [-0.3, -0.25) is 4.90 Å². The van der Waals surface area contributed by atoms with Gasteiger partial charge in [0.2, 0.25) is 0 Å². The third-order valence-electron chi connectivity index (χ3n) is 4.46. The van der Waals surface area contributed by atoms with E-state index in [2.05, 4.69) is 35.0 Å². The van der Waals surface area contributed by atoms with Gasteiger partial charge in [0.15, 0.2) is 0 Å². The Kier molecular flexibility index (Phi) is 6.78. The Morgan fingerprint density at radius 1 is 1.37 bits per heavy atom. The number of nitriles is 1. The van der Waals surface area contributed by atoms with Gasteiger partial charge in [-0.1, -0.05) is 6.92 Å². The summed E-state index contributed by atoms with van der Waals surface area (Å²) in [5.41, 5.74) is -0.353. The lowest BCUT2D eigenvalue weighted by molar-refractivity contribution is 0.0866. The van der Waals surface area contributed by atoms with E-state index in [0.717, 1.165) is 19.4 Å². The van der Waals surface area contributed by atoms with Crippen LogP contribution in [0.2, 0.25) is 0 Å². The average molecular weight is 266 g/mol. The molecule has 1 aliphatic rings. The first-order valence-corrected chi connectivity index (χ1v) is 7.61. The molecule has 0 aromatic heterocycles. The van der Waals surface area contributed by atoms with Crippen molar-refractivity contribution in [2.45, 2.75) is 51.6 Å². The summed E-state index contributed by atoms with van der Waals surface area (Å²) in [6.45, 7) is 12.5. The Morgan fingerprint density at radius 2 is 2.11 bits per heavy atom. The van der Waals surface area contributed by atoms with E-state index in [1.807, 2.05) is 14.0 Å². The summed E-state index contributed by atoms with van der Waals surface area (Å²) in [5, 5.41) is 12.2. The normalized spacial score (nSPS) is 24.9. The van der Waals surface area contributed by atoms with E-state index in [4.69, 9.17) is 5.26 Å². The van der Waals surface area contributed by atoms with Gasteiger partial charge in [0.05, 0.1) is 6.07 Å². The fourth-order valence-corrected chi connectivity index (χ4v) is 2.79. The second-order valence-corrected chi connectivity index (χ2v) is 5.93. The Balaban J connectivity index is 2.19. The topological polar surface area (TPSA) is 42.3 Å². The molecule has 0 bridgehead atoms. The Labute approximate surface area is 118 Å². The zero-order chi connectivity index (χ0) is 14.3. The zero-order valence-electron chi connectivity index (χ0n) is 13.1. The molecule has 2 atom stereocenters. The second kappa shape index (κ2) is 7.84. The van der Waals surface area contributed by atoms with Crippen LogP contribution in [0.25, 0.3) is 0 Å². The van der Waals surface area contributed by atoms with Crippen molar-refractivity contribution in [3.63, 3.8) is 0 Å². The lowest BCUT2D eigenvalue weighted by atomic mass is 9.97. The summed E-state index contributed by atoms with van der Waals surface area (Å²) in [7, 11) is 1.87. The molecule has 1 aliphatic heterocycles. The maximum Gasteiger partial charge on any atom is 0.103 e. The van der Waals surface area contributed by atoms with Crippen LogP contribution in [0.1, 0.15) is 40.0 Å². The minimum atomic E-state index is -0.353. The molecule has 0 radical (unpaired) electrons. The molecule has 0 aromatic rings. The van der Waals surface area contributed by atoms with Crippen LogP contribution in [0.5, 0.6) is 0 Å². The fraction of sp³-hybridized carbons (Fsp3) is 0.933. The van der Waals surface area contributed by atoms with Gasteiger partial charge >= 0.3 is 0 Å². The predicted molar refractivity (Wildman–Crippen MR) is 80.1 cm³/mol. The van der Waals surface area contributed by atoms with E-state index < -0.39 is 0 Å². The molecule has 2 unspecified atom stereocenters. The quantitative estimate of drug-likeness (QED) is 0.712. The van der Waals surface area contributed by atoms with Crippen molar-refractivity contribution in [2.75, 3.05) is 39.8 Å². The summed E-state index contributed by atoms with van der Waals surface area (Å²) in [6.07, 6.45) is 3.25. The molecule has 110 valence electrons. The average Bonchev–Trinajstić information content (AvgIpc) is 2.43. The molecule has 1 fully saturated rings. The smallest absolute Gasteiger partial charge is 0.103 e. The number of nitrogens with zero attached hydrogens (tertiary/aromatic N) is 3. The molecular weight excluding hydrogens is 236 g/mol. The lowest BCUT2D eigenvalue weighted by Gasteiger charge is -2.39. The van der Waals surface area contributed by atoms with Crippen LogP contribution >= 0.6 is 0 Å². The van der Waals surface area contributed by atoms with E-state index in [0.29, 0.717) is 6.04 Å². The van der Waals surface area contributed by atoms with Gasteiger partial charge in [0.1, 0.15) is 5.54 Å². The van der Waals surface area contributed by atoms with Crippen molar-refractivity contribution >= 4 is 0 Å². The van der Waals surface area contributed by atoms with Gasteiger partial charge < -0.3 is 10.2 Å². The van der Waals surface area contributed by atoms with E-state index in [-0.39, 0.29) is 5.54 Å². The summed E-state index contributed by atoms with van der Waals surface area (Å²) in [6, 6.07) is 3.04. The van der Waals surface area contributed by atoms with Crippen LogP contribution in [0.4, 0.5) is 0 Å².